The van der Waals surface area contributed by atoms with Crippen molar-refractivity contribution < 1.29 is 147 Å². The molecule has 12 fully saturated rings. The zero-order valence-electron chi connectivity index (χ0n) is 67.4. The number of methoxy groups -OCH3 is 5. The highest BCUT2D eigenvalue weighted by atomic mass is 16.8. The molecule has 1 aromatic carbocycles. The molecule has 13 rings (SSSR count). The summed E-state index contributed by atoms with van der Waals surface area (Å²) in [5.41, 5.74) is 13.3. The lowest BCUT2D eigenvalue weighted by Gasteiger charge is -2.33. The van der Waals surface area contributed by atoms with Gasteiger partial charge in [-0.3, -0.25) is 28.8 Å². The van der Waals surface area contributed by atoms with E-state index in [-0.39, 0.29) is 26.1 Å². The van der Waals surface area contributed by atoms with Crippen LogP contribution in [0.25, 0.3) is 0 Å². The zero-order valence-corrected chi connectivity index (χ0v) is 67.4. The molecule has 0 unspecified atom stereocenters. The van der Waals surface area contributed by atoms with Crippen molar-refractivity contribution in [3.63, 3.8) is 0 Å². The summed E-state index contributed by atoms with van der Waals surface area (Å²) in [6.45, 7) is 20.3. The highest BCUT2D eigenvalue weighted by molar-refractivity contribution is 5.84. The van der Waals surface area contributed by atoms with Crippen LogP contribution in [0.1, 0.15) is 127 Å². The summed E-state index contributed by atoms with van der Waals surface area (Å²) < 4.78 is 149. The normalized spacial score (nSPS) is 38.6. The Morgan fingerprint density at radius 2 is 0.570 bits per heavy atom. The monoisotopic (exact) mass is 1620 g/mol. The van der Waals surface area contributed by atoms with Crippen LogP contribution in [0.3, 0.4) is 0 Å². The van der Waals surface area contributed by atoms with Gasteiger partial charge in [0, 0.05) is 73.6 Å². The van der Waals surface area contributed by atoms with Crippen molar-refractivity contribution in [3.8, 4) is 0 Å². The van der Waals surface area contributed by atoms with Crippen LogP contribution in [0.15, 0.2) is 30.3 Å². The smallest absolute Gasteiger partial charge is 0.407 e. The second kappa shape index (κ2) is 34.2. The molecular formula is C75H114N8O31. The molecule has 0 saturated carbocycles. The van der Waals surface area contributed by atoms with Gasteiger partial charge in [-0.25, -0.2) is 4.79 Å². The summed E-state index contributed by atoms with van der Waals surface area (Å²) >= 11 is 0. The van der Waals surface area contributed by atoms with E-state index in [0.29, 0.717) is 5.56 Å². The fourth-order valence-electron chi connectivity index (χ4n) is 17.9. The first-order chi connectivity index (χ1) is 53.8. The predicted octanol–water partition coefficient (Wildman–Crippen LogP) is -0.723. The second-order valence-corrected chi connectivity index (χ2v) is 33.4. The molecule has 114 heavy (non-hydrogen) atoms. The Morgan fingerprint density at radius 3 is 0.833 bits per heavy atom. The summed E-state index contributed by atoms with van der Waals surface area (Å²) in [6.07, 6.45) is -26.8. The molecule has 12 aliphatic rings. The SMILES string of the molecule is COC(=O)C[C@@H](NC(=O)C[C@H](NC(=O)C[C@@H](NC(=O)C[C@H](NC(=O)C[C@@H](NC(=O)C[C@H](NC(=O)OCc1ccccc1)[C@H]1O[C@H](CN)[C@H]2OC(C)(C)O[C@@H]12)[C@H]1O[C@H](OC)[C@H]2OC(C)(C)O[C@H]21)[C@H]1O[C@H](OC)[C@H]2OC(C)(C)O[C@H]21)[C@H]1O[C@H](CN)[C@H]2OC(C)(C)O[C@@H]12)[C@H]1O[C@H](OC)[C@H]2OC(C)(C)O[C@H]21)[C@H]1O[C@H](OC)[C@H]2OC(C)(C)O[C@H]21. The van der Waals surface area contributed by atoms with Crippen molar-refractivity contribution in [1.29, 1.82) is 0 Å². The van der Waals surface area contributed by atoms with E-state index < -0.39 is 292 Å². The third kappa shape index (κ3) is 19.0. The van der Waals surface area contributed by atoms with E-state index in [9.17, 15) is 14.4 Å². The van der Waals surface area contributed by atoms with Gasteiger partial charge in [-0.2, -0.15) is 0 Å². The van der Waals surface area contributed by atoms with Crippen LogP contribution < -0.4 is 43.4 Å². The number of nitrogens with one attached hydrogen (secondary N) is 6. The number of hydrogen-bond donors (Lipinski definition) is 8. The van der Waals surface area contributed by atoms with Crippen LogP contribution in [0.5, 0.6) is 0 Å². The van der Waals surface area contributed by atoms with Gasteiger partial charge in [0.15, 0.2) is 59.9 Å². The van der Waals surface area contributed by atoms with Gasteiger partial charge in [0.25, 0.3) is 0 Å². The maximum absolute atomic E-state index is 15.7. The first-order valence-electron chi connectivity index (χ1n) is 38.9. The molecule has 0 spiro atoms. The van der Waals surface area contributed by atoms with Crippen molar-refractivity contribution in [2.24, 2.45) is 11.5 Å². The van der Waals surface area contributed by atoms with Crippen LogP contribution >= 0.6 is 0 Å². The molecule has 10 N–H and O–H groups in total. The lowest BCUT2D eigenvalue weighted by atomic mass is 9.95. The topological polar surface area (TPSA) is 465 Å². The van der Waals surface area contributed by atoms with Crippen LogP contribution in [0.2, 0.25) is 0 Å². The van der Waals surface area contributed by atoms with Crippen LogP contribution in [0.4, 0.5) is 4.79 Å². The molecule has 12 heterocycles. The summed E-state index contributed by atoms with van der Waals surface area (Å²) in [5, 5.41) is 17.9. The fourth-order valence-corrected chi connectivity index (χ4v) is 17.9. The minimum absolute atomic E-state index is 0.00644. The molecule has 39 nitrogen and oxygen atoms in total. The average Bonchev–Trinajstić information content (AvgIpc) is 1.64. The number of rotatable bonds is 32. The molecule has 12 saturated heterocycles. The Morgan fingerprint density at radius 1 is 0.333 bits per heavy atom. The number of fused-ring (bicyclic) bond motifs is 6. The van der Waals surface area contributed by atoms with Gasteiger partial charge in [-0.15, -0.1) is 0 Å². The molecule has 0 aromatic heterocycles. The molecule has 640 valence electrons. The summed E-state index contributed by atoms with van der Waals surface area (Å²) in [7, 11) is 6.84. The van der Waals surface area contributed by atoms with Gasteiger partial charge in [0.2, 0.25) is 29.5 Å². The van der Waals surface area contributed by atoms with E-state index in [2.05, 4.69) is 31.9 Å². The van der Waals surface area contributed by atoms with E-state index in [4.69, 9.17) is 125 Å². The van der Waals surface area contributed by atoms with Crippen molar-refractivity contribution in [1.82, 2.24) is 31.9 Å². The summed E-state index contributed by atoms with van der Waals surface area (Å²) in [5.74, 6) is -11.4. The lowest BCUT2D eigenvalue weighted by Crippen LogP contribution is -2.57. The molecule has 1 aromatic rings. The number of ether oxygens (including phenoxy) is 24. The molecule has 0 radical (unpaired) electrons. The second-order valence-electron chi connectivity index (χ2n) is 33.4. The standard InChI is InChI=1S/C75H114N8O31/c1-70(2)103-53-39(29-76)97-47(55(53)105-70)33(23-41(84)79-36(51-59-63(67(94-16)101-51)113-74(9,10)109-59)26-44(87)82-38(28-46(89)91-13)52-60-64(68(95-17)102-52)114-75(11,12)110-60)78-42(85)24-34(49-57-61(65(92-14)99-49)111-72(5,6)107-57)80-43(86)25-35(50-58-62(66(93-15)100-50)112-73(7,8)108-58)81-45(88)27-37(83-69(90)96-31-32-21-19-18-20-22-32)48-56-54(40(30-77)98-48)104-71(3,4)106-56/h18-22,33-40,47-68H,23-31,76-77H2,1-17H3,(H,78,85)(H,79,84)(H,80,86)(H,81,88)(H,82,87)(H,83,90)/t33-,34+,35-,36+,37+,38-,39-,40-,47-,48-,49-,50-,51-,52-,53-,54-,55+,56+,57+,58+,59+,60+,61+,62+,63+,64+,65+,66+,67+,68+/m1/s1. The van der Waals surface area contributed by atoms with Gasteiger partial charge >= 0.3 is 12.1 Å². The highest BCUT2D eigenvalue weighted by Gasteiger charge is 2.65. The number of esters is 1. The number of benzene rings is 1. The van der Waals surface area contributed by atoms with Gasteiger partial charge in [0.1, 0.15) is 116 Å². The number of hydrogen-bond acceptors (Lipinski definition) is 33. The van der Waals surface area contributed by atoms with E-state index >= 15 is 19.2 Å². The third-order valence-electron chi connectivity index (χ3n) is 22.2. The van der Waals surface area contributed by atoms with Gasteiger partial charge < -0.3 is 157 Å². The number of nitrogens with two attached hydrogens (primary N) is 2. The third-order valence-corrected chi connectivity index (χ3v) is 22.2. The maximum atomic E-state index is 15.7. The minimum Gasteiger partial charge on any atom is -0.469 e. The van der Waals surface area contributed by atoms with E-state index in [0.717, 1.165) is 0 Å². The van der Waals surface area contributed by atoms with Gasteiger partial charge in [-0.05, 0) is 88.6 Å². The fraction of sp³-hybridized carbons (Fsp3) is 0.827. The Hall–Kier alpha value is -5.65. The van der Waals surface area contributed by atoms with Crippen molar-refractivity contribution >= 4 is 41.6 Å². The zero-order chi connectivity index (χ0) is 82.1. The largest absolute Gasteiger partial charge is 0.469 e. The lowest BCUT2D eigenvalue weighted by molar-refractivity contribution is -0.230. The number of carbonyl (C=O) groups is 7. The summed E-state index contributed by atoms with van der Waals surface area (Å²) in [6, 6.07) is 1.41. The first kappa shape index (κ1) is 86.2. The molecule has 6 amide bonds. The molecule has 30 atom stereocenters. The minimum atomic E-state index is -1.36. The predicted molar refractivity (Wildman–Crippen MR) is 384 cm³/mol. The number of carbonyl (C=O) groups excluding carboxylic acids is 7. The molecule has 12 aliphatic heterocycles. The number of amides is 6. The summed E-state index contributed by atoms with van der Waals surface area (Å²) in [4.78, 5) is 104. The van der Waals surface area contributed by atoms with E-state index in [1.54, 1.807) is 107 Å². The van der Waals surface area contributed by atoms with E-state index in [1.165, 1.54) is 35.5 Å². The first-order valence-corrected chi connectivity index (χ1v) is 38.9. The van der Waals surface area contributed by atoms with Gasteiger partial charge in [0.05, 0.1) is 62.0 Å². The van der Waals surface area contributed by atoms with Crippen molar-refractivity contribution in [2.45, 2.75) is 346 Å². The van der Waals surface area contributed by atoms with Crippen LogP contribution in [-0.2, 0) is 149 Å². The van der Waals surface area contributed by atoms with Gasteiger partial charge in [-0.1, -0.05) is 30.3 Å². The maximum Gasteiger partial charge on any atom is 0.407 e. The average molecular weight is 1620 g/mol. The van der Waals surface area contributed by atoms with Crippen molar-refractivity contribution in [3.05, 3.63) is 35.9 Å². The molecule has 0 aliphatic carbocycles. The van der Waals surface area contributed by atoms with Crippen molar-refractivity contribution in [2.75, 3.05) is 48.6 Å². The molecular weight excluding hydrogens is 1510 g/mol. The quantitative estimate of drug-likeness (QED) is 0.0413. The molecule has 39 heteroatoms. The molecule has 0 bridgehead atoms. The Balaban J connectivity index is 0.789. The highest BCUT2D eigenvalue weighted by Crippen LogP contribution is 2.47. The Kier molecular flexibility index (Phi) is 25.9. The van der Waals surface area contributed by atoms with Crippen LogP contribution in [0, 0.1) is 0 Å². The van der Waals surface area contributed by atoms with Crippen LogP contribution in [-0.4, -0.2) is 308 Å². The Labute approximate surface area is 660 Å². The van der Waals surface area contributed by atoms with E-state index in [1.807, 2.05) is 6.07 Å². The Bertz CT molecular complexity index is 3580. The number of alkyl carbamates (subject to hydrolysis) is 1.